The molecule has 7 aliphatic rings. The number of hydrogen-bond donors (Lipinski definition) is 9. The zero-order valence-electron chi connectivity index (χ0n) is 33.4. The molecule has 0 unspecified atom stereocenters. The van der Waals surface area contributed by atoms with Gasteiger partial charge in [-0.2, -0.15) is 0 Å². The van der Waals surface area contributed by atoms with Crippen LogP contribution >= 0.6 is 0 Å². The van der Waals surface area contributed by atoms with Crippen molar-refractivity contribution in [3.05, 3.63) is 11.6 Å². The summed E-state index contributed by atoms with van der Waals surface area (Å²) < 4.78 is 23.6. The molecule has 0 aromatic heterocycles. The van der Waals surface area contributed by atoms with Gasteiger partial charge in [0, 0.05) is 11.8 Å². The van der Waals surface area contributed by atoms with Crippen molar-refractivity contribution in [2.75, 3.05) is 13.2 Å². The van der Waals surface area contributed by atoms with E-state index in [1.54, 1.807) is 13.8 Å². The molecule has 0 amide bonds. The molecule has 20 atom stereocenters. The summed E-state index contributed by atoms with van der Waals surface area (Å²) in [5.74, 6) is -1.61. The minimum atomic E-state index is -1.78. The van der Waals surface area contributed by atoms with Gasteiger partial charge in [0.1, 0.15) is 42.7 Å². The smallest absolute Gasteiger partial charge is 0.315 e. The first-order valence-electron chi connectivity index (χ1n) is 20.5. The Morgan fingerprint density at radius 3 is 2.16 bits per heavy atom. The number of aliphatic hydroxyl groups is 9. The first kappa shape index (κ1) is 41.9. The van der Waals surface area contributed by atoms with E-state index in [4.69, 9.17) is 18.9 Å². The molecule has 0 spiro atoms. The normalized spacial score (nSPS) is 56.2. The highest BCUT2D eigenvalue weighted by Gasteiger charge is 2.73. The average Bonchev–Trinajstić information content (AvgIpc) is 3.12. The molecule has 4 saturated carbocycles. The SMILES string of the molecule is C[C@@H]1[C@H](O)C[C@]2(C(=O)O[C@@H]3O[C@H](CO)[C@@H](O)[C@H](O)[C@H]3O)CC[C@]3(C)C(=CC[C@@H]4[C@@]5(C)CC[C@H](O[C@@H]6OC[C@H](O)[C@H](O)[C@H]6O)C(C)(C)[C@H]5CC[C@]43C)[C@H]2[C@]1(C)O. The Morgan fingerprint density at radius 1 is 0.818 bits per heavy atom. The van der Waals surface area contributed by atoms with Crippen LogP contribution in [-0.4, -0.2) is 138 Å². The van der Waals surface area contributed by atoms with Crippen molar-refractivity contribution in [1.29, 1.82) is 0 Å². The van der Waals surface area contributed by atoms with Crippen molar-refractivity contribution in [3.63, 3.8) is 0 Å². The van der Waals surface area contributed by atoms with Crippen LogP contribution in [0.3, 0.4) is 0 Å². The van der Waals surface area contributed by atoms with Gasteiger partial charge in [-0.15, -0.1) is 0 Å². The Hall–Kier alpha value is -1.27. The van der Waals surface area contributed by atoms with Crippen molar-refractivity contribution in [2.45, 2.75) is 173 Å². The lowest BCUT2D eigenvalue weighted by Crippen LogP contribution is -2.70. The number of carbonyl (C=O) groups is 1. The van der Waals surface area contributed by atoms with Crippen molar-refractivity contribution in [1.82, 2.24) is 0 Å². The maximum Gasteiger partial charge on any atom is 0.315 e. The van der Waals surface area contributed by atoms with Gasteiger partial charge in [0.05, 0.1) is 36.4 Å². The largest absolute Gasteiger partial charge is 0.432 e. The van der Waals surface area contributed by atoms with E-state index in [-0.39, 0.29) is 53.6 Å². The summed E-state index contributed by atoms with van der Waals surface area (Å²) in [4.78, 5) is 14.6. The molecule has 6 fully saturated rings. The highest BCUT2D eigenvalue weighted by Crippen LogP contribution is 2.76. The summed E-state index contributed by atoms with van der Waals surface area (Å²) in [7, 11) is 0. The third kappa shape index (κ3) is 5.89. The Labute approximate surface area is 323 Å². The molecular formula is C41H66O14. The van der Waals surface area contributed by atoms with Crippen LogP contribution in [0, 0.1) is 50.7 Å². The van der Waals surface area contributed by atoms with E-state index in [2.05, 4.69) is 40.7 Å². The quantitative estimate of drug-likeness (QED) is 0.107. The van der Waals surface area contributed by atoms with Crippen LogP contribution in [0.1, 0.15) is 99.8 Å². The van der Waals surface area contributed by atoms with Gasteiger partial charge in [0.15, 0.2) is 6.29 Å². The van der Waals surface area contributed by atoms with Crippen LogP contribution in [0.2, 0.25) is 0 Å². The maximum atomic E-state index is 14.6. The van der Waals surface area contributed by atoms with Crippen LogP contribution in [0.4, 0.5) is 0 Å². The van der Waals surface area contributed by atoms with Crippen LogP contribution in [-0.2, 0) is 23.7 Å². The predicted octanol–water partition coefficient (Wildman–Crippen LogP) is 0.897. The molecule has 55 heavy (non-hydrogen) atoms. The Morgan fingerprint density at radius 2 is 1.49 bits per heavy atom. The fourth-order valence-corrected chi connectivity index (χ4v) is 13.6. The Kier molecular flexibility index (Phi) is 10.6. The second kappa shape index (κ2) is 13.9. The van der Waals surface area contributed by atoms with Gasteiger partial charge in [-0.1, -0.05) is 53.2 Å². The van der Waals surface area contributed by atoms with E-state index >= 15 is 0 Å². The third-order valence-corrected chi connectivity index (χ3v) is 17.3. The molecule has 0 bridgehead atoms. The minimum absolute atomic E-state index is 0.0174. The zero-order chi connectivity index (χ0) is 40.4. The maximum absolute atomic E-state index is 14.6. The molecular weight excluding hydrogens is 716 g/mol. The molecule has 2 heterocycles. The number of ether oxygens (including phenoxy) is 4. The van der Waals surface area contributed by atoms with E-state index < -0.39 is 102 Å². The molecule has 2 saturated heterocycles. The number of carbonyl (C=O) groups excluding carboxylic acids is 1. The van der Waals surface area contributed by atoms with E-state index in [9.17, 15) is 50.8 Å². The lowest BCUT2D eigenvalue weighted by Gasteiger charge is -2.72. The molecule has 0 aromatic carbocycles. The molecule has 14 nitrogen and oxygen atoms in total. The predicted molar refractivity (Wildman–Crippen MR) is 194 cm³/mol. The molecule has 2 aliphatic heterocycles. The number of allylic oxidation sites excluding steroid dienone is 1. The van der Waals surface area contributed by atoms with E-state index in [1.165, 1.54) is 0 Å². The second-order valence-electron chi connectivity index (χ2n) is 20.0. The summed E-state index contributed by atoms with van der Waals surface area (Å²) in [5, 5.41) is 96.3. The molecule has 7 rings (SSSR count). The molecule has 314 valence electrons. The van der Waals surface area contributed by atoms with Gasteiger partial charge in [-0.3, -0.25) is 4.79 Å². The summed E-state index contributed by atoms with van der Waals surface area (Å²) in [5.41, 5.74) is -3.06. The lowest BCUT2D eigenvalue weighted by atomic mass is 9.33. The highest BCUT2D eigenvalue weighted by atomic mass is 16.7. The first-order chi connectivity index (χ1) is 25.5. The lowest BCUT2D eigenvalue weighted by molar-refractivity contribution is -0.309. The number of aliphatic hydroxyl groups excluding tert-OH is 8. The summed E-state index contributed by atoms with van der Waals surface area (Å²) in [6, 6.07) is 0. The monoisotopic (exact) mass is 782 g/mol. The van der Waals surface area contributed by atoms with Crippen molar-refractivity contribution >= 4 is 5.97 Å². The van der Waals surface area contributed by atoms with Gasteiger partial charge in [-0.05, 0) is 91.8 Å². The van der Waals surface area contributed by atoms with Gasteiger partial charge in [-0.25, -0.2) is 0 Å². The summed E-state index contributed by atoms with van der Waals surface area (Å²) in [6.45, 7) is 14.2. The van der Waals surface area contributed by atoms with E-state index in [0.29, 0.717) is 19.3 Å². The highest BCUT2D eigenvalue weighted by molar-refractivity contribution is 5.79. The topological polar surface area (TPSA) is 236 Å². The van der Waals surface area contributed by atoms with Crippen molar-refractivity contribution < 1.29 is 69.7 Å². The van der Waals surface area contributed by atoms with Crippen LogP contribution in [0.5, 0.6) is 0 Å². The fourth-order valence-electron chi connectivity index (χ4n) is 13.6. The van der Waals surface area contributed by atoms with Gasteiger partial charge in [0.2, 0.25) is 6.29 Å². The first-order valence-corrected chi connectivity index (χ1v) is 20.5. The van der Waals surface area contributed by atoms with Crippen LogP contribution < -0.4 is 0 Å². The summed E-state index contributed by atoms with van der Waals surface area (Å²) >= 11 is 0. The summed E-state index contributed by atoms with van der Waals surface area (Å²) in [6.07, 6.45) is -7.13. The van der Waals surface area contributed by atoms with Gasteiger partial charge in [0.25, 0.3) is 0 Å². The van der Waals surface area contributed by atoms with Gasteiger partial charge >= 0.3 is 5.97 Å². The molecule has 0 radical (unpaired) electrons. The van der Waals surface area contributed by atoms with Gasteiger partial charge < -0.3 is 64.9 Å². The minimum Gasteiger partial charge on any atom is -0.432 e. The Balaban J connectivity index is 1.20. The van der Waals surface area contributed by atoms with Crippen molar-refractivity contribution in [2.24, 2.45) is 50.7 Å². The average molecular weight is 783 g/mol. The zero-order valence-corrected chi connectivity index (χ0v) is 33.4. The van der Waals surface area contributed by atoms with Crippen LogP contribution in [0.25, 0.3) is 0 Å². The molecule has 14 heteroatoms. The van der Waals surface area contributed by atoms with E-state index in [1.807, 2.05) is 0 Å². The third-order valence-electron chi connectivity index (χ3n) is 17.3. The number of hydrogen-bond acceptors (Lipinski definition) is 14. The van der Waals surface area contributed by atoms with Crippen LogP contribution in [0.15, 0.2) is 11.6 Å². The number of esters is 1. The Bertz CT molecular complexity index is 1500. The number of fused-ring (bicyclic) bond motifs is 7. The molecule has 5 aliphatic carbocycles. The van der Waals surface area contributed by atoms with Crippen molar-refractivity contribution in [3.8, 4) is 0 Å². The fraction of sp³-hybridized carbons (Fsp3) is 0.927. The molecule has 9 N–H and O–H groups in total. The molecule has 0 aromatic rings. The number of rotatable bonds is 5. The standard InChI is InChI=1S/C41H66O14/c1-19-21(43)16-41(35(50)55-34-31(49)29(47)28(46)23(17-42)53-34)15-14-38(5)20(32(41)40(19,7)51)8-9-25-37(4)12-11-26(36(2,3)24(37)10-13-39(25,38)6)54-33-30(48)27(45)22(44)18-52-33/h8,19,21-34,42-49,51H,9-18H2,1-7H3/t19-,21-,22+,23-,24-,25-,26+,27+,28-,29+,30-,31-,32+,33+,34+,37+,38-,39-,40-,41-/m1/s1. The second-order valence-corrected chi connectivity index (χ2v) is 20.0. The van der Waals surface area contributed by atoms with E-state index in [0.717, 1.165) is 24.8 Å².